The Morgan fingerprint density at radius 1 is 1.03 bits per heavy atom. The van der Waals surface area contributed by atoms with E-state index in [-0.39, 0.29) is 24.8 Å². The molecular weight excluding hydrogens is 503 g/mol. The van der Waals surface area contributed by atoms with E-state index >= 15 is 0 Å². The summed E-state index contributed by atoms with van der Waals surface area (Å²) in [5.74, 6) is 1.16. The Hall–Kier alpha value is -3.01. The summed E-state index contributed by atoms with van der Waals surface area (Å²) in [5, 5.41) is 24.1. The highest BCUT2D eigenvalue weighted by molar-refractivity contribution is 5.96. The van der Waals surface area contributed by atoms with Crippen LogP contribution in [0.2, 0.25) is 0 Å². The number of ketones is 1. The fourth-order valence-electron chi connectivity index (χ4n) is 4.63. The number of ether oxygens (including phenoxy) is 2. The first-order chi connectivity index (χ1) is 18.9. The molecular formula is C30H41FN2O6. The molecule has 0 bridgehead atoms. The van der Waals surface area contributed by atoms with E-state index in [1.165, 1.54) is 0 Å². The summed E-state index contributed by atoms with van der Waals surface area (Å²) in [6.45, 7) is 1.66. The Morgan fingerprint density at radius 3 is 2.36 bits per heavy atom. The lowest BCUT2D eigenvalue weighted by atomic mass is 10.0. The van der Waals surface area contributed by atoms with Gasteiger partial charge in [0.2, 0.25) is 5.91 Å². The molecule has 1 unspecified atom stereocenters. The van der Waals surface area contributed by atoms with Crippen LogP contribution in [-0.2, 0) is 4.79 Å². The average Bonchev–Trinajstić information content (AvgIpc) is 3.37. The second-order valence-electron chi connectivity index (χ2n) is 9.99. The first-order valence-electron chi connectivity index (χ1n) is 13.7. The van der Waals surface area contributed by atoms with Gasteiger partial charge in [0.1, 0.15) is 17.6 Å². The number of alkyl halides is 1. The number of methoxy groups -OCH3 is 1. The lowest BCUT2D eigenvalue weighted by Crippen LogP contribution is -2.47. The van der Waals surface area contributed by atoms with Gasteiger partial charge in [-0.1, -0.05) is 12.1 Å². The second kappa shape index (κ2) is 16.2. The van der Waals surface area contributed by atoms with Gasteiger partial charge in [0.25, 0.3) is 0 Å². The molecule has 9 heteroatoms. The number of carbonyl (C=O) groups excluding carboxylic acids is 2. The quantitative estimate of drug-likeness (QED) is 0.205. The van der Waals surface area contributed by atoms with Crippen molar-refractivity contribution in [3.8, 4) is 11.5 Å². The molecule has 1 saturated heterocycles. The Labute approximate surface area is 230 Å². The minimum Gasteiger partial charge on any atom is -0.497 e. The predicted octanol–water partition coefficient (Wildman–Crippen LogP) is 3.85. The molecule has 1 heterocycles. The summed E-state index contributed by atoms with van der Waals surface area (Å²) in [6.07, 6.45) is 2.11. The van der Waals surface area contributed by atoms with E-state index < -0.39 is 18.2 Å². The monoisotopic (exact) mass is 544 g/mol. The van der Waals surface area contributed by atoms with Crippen LogP contribution in [0.1, 0.15) is 67.0 Å². The molecule has 1 aliphatic heterocycles. The maximum Gasteiger partial charge on any atom is 0.220 e. The summed E-state index contributed by atoms with van der Waals surface area (Å²) in [5.41, 5.74) is 1.26. The number of rotatable bonds is 17. The number of likely N-dealkylation sites (tertiary alicyclic amines) is 1. The van der Waals surface area contributed by atoms with Crippen molar-refractivity contribution in [2.24, 2.45) is 0 Å². The van der Waals surface area contributed by atoms with Crippen LogP contribution in [0, 0.1) is 0 Å². The minimum absolute atomic E-state index is 0.0220. The number of nitrogens with zero attached hydrogens (tertiary/aromatic N) is 1. The summed E-state index contributed by atoms with van der Waals surface area (Å²) in [7, 11) is 1.57. The second-order valence-corrected chi connectivity index (χ2v) is 9.99. The molecule has 3 atom stereocenters. The maximum atomic E-state index is 12.8. The summed E-state index contributed by atoms with van der Waals surface area (Å²) in [6, 6.07) is 13.4. The molecule has 39 heavy (non-hydrogen) atoms. The van der Waals surface area contributed by atoms with E-state index in [1.807, 2.05) is 4.90 Å². The van der Waals surface area contributed by atoms with Crippen LogP contribution < -0.4 is 14.8 Å². The van der Waals surface area contributed by atoms with Gasteiger partial charge in [-0.3, -0.25) is 18.9 Å². The molecule has 1 amide bonds. The third-order valence-corrected chi connectivity index (χ3v) is 6.92. The molecule has 1 aliphatic rings. The van der Waals surface area contributed by atoms with E-state index in [4.69, 9.17) is 9.47 Å². The zero-order valence-electron chi connectivity index (χ0n) is 22.7. The zero-order chi connectivity index (χ0) is 28.0. The number of halogens is 1. The number of nitrogens with one attached hydrogen (secondary N) is 1. The largest absolute Gasteiger partial charge is 0.497 e. The Morgan fingerprint density at radius 2 is 1.72 bits per heavy atom. The third kappa shape index (κ3) is 10.2. The molecule has 0 aromatic heterocycles. The molecule has 3 rings (SSSR count). The Balaban J connectivity index is 1.51. The summed E-state index contributed by atoms with van der Waals surface area (Å²) < 4.78 is 23.0. The van der Waals surface area contributed by atoms with Gasteiger partial charge in [-0.15, -0.1) is 0 Å². The van der Waals surface area contributed by atoms with Gasteiger partial charge < -0.3 is 25.0 Å². The average molecular weight is 545 g/mol. The van der Waals surface area contributed by atoms with Crippen molar-refractivity contribution >= 4 is 11.7 Å². The van der Waals surface area contributed by atoms with Gasteiger partial charge in [-0.05, 0) is 74.1 Å². The fraction of sp³-hybridized carbons (Fsp3) is 0.533. The highest BCUT2D eigenvalue weighted by atomic mass is 19.1. The number of unbranched alkanes of at least 4 members (excludes halogenated alkanes) is 2. The molecule has 2 aromatic rings. The minimum atomic E-state index is -0.955. The zero-order valence-corrected chi connectivity index (χ0v) is 22.7. The highest BCUT2D eigenvalue weighted by Gasteiger charge is 2.29. The molecule has 8 nitrogen and oxygen atoms in total. The number of Topliss-reactive ketones (excluding diaryl/α,β-unsaturated/α-hetero) is 1. The van der Waals surface area contributed by atoms with E-state index in [1.54, 1.807) is 55.6 Å². The number of aliphatic hydroxyl groups excluding tert-OH is 2. The van der Waals surface area contributed by atoms with Crippen molar-refractivity contribution in [3.05, 3.63) is 59.7 Å². The molecule has 0 spiro atoms. The van der Waals surface area contributed by atoms with Crippen LogP contribution in [-0.4, -0.2) is 79.0 Å². The number of amides is 1. The lowest BCUT2D eigenvalue weighted by molar-refractivity contribution is -0.123. The standard InChI is InChI=1S/C30H41FN2O6/c1-38-25-12-8-22(9-13-25)28(35)6-2-3-7-29(36)32-27(21-33-18-16-24(34)20-33)30(37)23-10-14-26(15-11-23)39-19-5-4-17-31/h8-15,24,27,30,34,37H,2-7,16-21H2,1H3,(H,32,36)/t24?,27-,30-/m1/s1. The Bertz CT molecular complexity index is 1020. The molecule has 0 saturated carbocycles. The van der Waals surface area contributed by atoms with Crippen LogP contribution in [0.4, 0.5) is 4.39 Å². The van der Waals surface area contributed by atoms with Crippen molar-refractivity contribution in [2.75, 3.05) is 40.0 Å². The normalized spacial score (nSPS) is 17.0. The van der Waals surface area contributed by atoms with Crippen LogP contribution in [0.5, 0.6) is 11.5 Å². The third-order valence-electron chi connectivity index (χ3n) is 6.92. The molecule has 0 aliphatic carbocycles. The van der Waals surface area contributed by atoms with E-state index in [0.29, 0.717) is 87.4 Å². The smallest absolute Gasteiger partial charge is 0.220 e. The predicted molar refractivity (Wildman–Crippen MR) is 147 cm³/mol. The maximum absolute atomic E-state index is 12.8. The van der Waals surface area contributed by atoms with Gasteiger partial charge in [-0.2, -0.15) is 0 Å². The highest BCUT2D eigenvalue weighted by Crippen LogP contribution is 2.23. The van der Waals surface area contributed by atoms with Crippen molar-refractivity contribution in [2.45, 2.75) is 63.2 Å². The topological polar surface area (TPSA) is 108 Å². The molecule has 214 valence electrons. The van der Waals surface area contributed by atoms with Gasteiger partial charge in [0.05, 0.1) is 32.5 Å². The van der Waals surface area contributed by atoms with E-state index in [2.05, 4.69) is 5.32 Å². The van der Waals surface area contributed by atoms with Gasteiger partial charge in [0, 0.05) is 38.0 Å². The number of β-amino-alcohol motifs (C(OH)–C–C–N with tert-alkyl or cyclic N) is 1. The van der Waals surface area contributed by atoms with Crippen LogP contribution in [0.25, 0.3) is 0 Å². The molecule has 1 fully saturated rings. The number of benzene rings is 2. The van der Waals surface area contributed by atoms with Gasteiger partial charge in [-0.25, -0.2) is 0 Å². The lowest BCUT2D eigenvalue weighted by Gasteiger charge is -2.29. The van der Waals surface area contributed by atoms with E-state index in [0.717, 1.165) is 0 Å². The van der Waals surface area contributed by atoms with E-state index in [9.17, 15) is 24.2 Å². The van der Waals surface area contributed by atoms with Crippen molar-refractivity contribution < 1.29 is 33.7 Å². The van der Waals surface area contributed by atoms with Crippen molar-refractivity contribution in [1.29, 1.82) is 0 Å². The number of hydrogen-bond donors (Lipinski definition) is 3. The fourth-order valence-corrected chi connectivity index (χ4v) is 4.63. The van der Waals surface area contributed by atoms with Gasteiger partial charge in [0.15, 0.2) is 5.78 Å². The molecule has 2 aromatic carbocycles. The number of hydrogen-bond acceptors (Lipinski definition) is 7. The van der Waals surface area contributed by atoms with Crippen molar-refractivity contribution in [1.82, 2.24) is 10.2 Å². The summed E-state index contributed by atoms with van der Waals surface area (Å²) >= 11 is 0. The molecule has 3 N–H and O–H groups in total. The van der Waals surface area contributed by atoms with Crippen molar-refractivity contribution in [3.63, 3.8) is 0 Å². The van der Waals surface area contributed by atoms with Crippen LogP contribution in [0.3, 0.4) is 0 Å². The van der Waals surface area contributed by atoms with Crippen LogP contribution >= 0.6 is 0 Å². The number of carbonyl (C=O) groups is 2. The van der Waals surface area contributed by atoms with Crippen LogP contribution in [0.15, 0.2) is 48.5 Å². The first-order valence-corrected chi connectivity index (χ1v) is 13.7. The Kier molecular flexibility index (Phi) is 12.7. The first kappa shape index (κ1) is 30.5. The summed E-state index contributed by atoms with van der Waals surface area (Å²) in [4.78, 5) is 27.3. The SMILES string of the molecule is COc1ccc(C(=O)CCCCC(=O)N[C@H](CN2CCC(O)C2)[C@H](O)c2ccc(OCCCCF)cc2)cc1. The van der Waals surface area contributed by atoms with Gasteiger partial charge >= 0.3 is 0 Å². The number of aliphatic hydroxyl groups is 2. The molecule has 0 radical (unpaired) electrons.